The fourth-order valence-corrected chi connectivity index (χ4v) is 1.52. The van der Waals surface area contributed by atoms with Gasteiger partial charge in [0.05, 0.1) is 6.61 Å². The predicted molar refractivity (Wildman–Crippen MR) is 54.8 cm³/mol. The van der Waals surface area contributed by atoms with Crippen molar-refractivity contribution in [1.82, 2.24) is 0 Å². The molecule has 5 heteroatoms. The zero-order valence-electron chi connectivity index (χ0n) is 8.56. The van der Waals surface area contributed by atoms with Crippen molar-refractivity contribution in [2.24, 2.45) is 0 Å². The average Bonchev–Trinajstić information content (AvgIpc) is 2.31. The normalized spacial score (nSPS) is 34.7. The molecule has 1 saturated heterocycles. The Morgan fingerprint density at radius 3 is 2.44 bits per heavy atom. The summed E-state index contributed by atoms with van der Waals surface area (Å²) in [5.41, 5.74) is 0. The van der Waals surface area contributed by atoms with E-state index in [1.54, 1.807) is 24.3 Å². The highest BCUT2D eigenvalue weighted by Crippen LogP contribution is 2.19. The fraction of sp³-hybridized carbons (Fsp3) is 0.455. The van der Waals surface area contributed by atoms with Gasteiger partial charge in [0, 0.05) is 0 Å². The van der Waals surface area contributed by atoms with E-state index in [-0.39, 0.29) is 6.61 Å². The van der Waals surface area contributed by atoms with Crippen LogP contribution in [0.2, 0.25) is 0 Å². The molecule has 3 N–H and O–H groups in total. The Morgan fingerprint density at radius 1 is 1.06 bits per heavy atom. The van der Waals surface area contributed by atoms with Gasteiger partial charge in [0.1, 0.15) is 24.1 Å². The largest absolute Gasteiger partial charge is 0.462 e. The molecule has 0 spiro atoms. The minimum absolute atomic E-state index is 0.0598. The van der Waals surface area contributed by atoms with Crippen molar-refractivity contribution in [3.63, 3.8) is 0 Å². The van der Waals surface area contributed by atoms with Crippen molar-refractivity contribution in [3.05, 3.63) is 30.3 Å². The first-order chi connectivity index (χ1) is 7.68. The van der Waals surface area contributed by atoms with Crippen LogP contribution in [0.5, 0.6) is 5.75 Å². The molecule has 0 saturated carbocycles. The van der Waals surface area contributed by atoms with Gasteiger partial charge in [0.2, 0.25) is 6.29 Å². The molecular weight excluding hydrogens is 212 g/mol. The second-order valence-corrected chi connectivity index (χ2v) is 3.68. The Morgan fingerprint density at radius 2 is 1.75 bits per heavy atom. The molecule has 1 aromatic rings. The van der Waals surface area contributed by atoms with Crippen molar-refractivity contribution in [1.29, 1.82) is 0 Å². The van der Waals surface area contributed by atoms with Crippen molar-refractivity contribution in [2.45, 2.75) is 24.6 Å². The molecular formula is C11H14O5. The number of para-hydroxylation sites is 1. The Labute approximate surface area is 92.9 Å². The number of rotatable bonds is 2. The topological polar surface area (TPSA) is 79.2 Å². The molecule has 1 aliphatic heterocycles. The molecule has 5 nitrogen and oxygen atoms in total. The van der Waals surface area contributed by atoms with Crippen LogP contribution in [-0.2, 0) is 4.74 Å². The number of hydrogen-bond donors (Lipinski definition) is 3. The lowest BCUT2D eigenvalue weighted by Crippen LogP contribution is -2.54. The van der Waals surface area contributed by atoms with Crippen LogP contribution in [0.15, 0.2) is 30.3 Å². The standard InChI is InChI=1S/C11H14O5/c12-8-6-15-11(10(14)9(8)13)16-7-4-2-1-3-5-7/h1-5,8-14H,6H2/t8-,9-,10-,11+/m1/s1. The fourth-order valence-electron chi connectivity index (χ4n) is 1.52. The molecule has 4 atom stereocenters. The van der Waals surface area contributed by atoms with Gasteiger partial charge in [-0.15, -0.1) is 0 Å². The Kier molecular flexibility index (Phi) is 3.40. The molecule has 0 radical (unpaired) electrons. The third kappa shape index (κ3) is 2.33. The van der Waals surface area contributed by atoms with Crippen molar-refractivity contribution in [2.75, 3.05) is 6.61 Å². The molecule has 1 fully saturated rings. The second-order valence-electron chi connectivity index (χ2n) is 3.68. The molecule has 1 aliphatic rings. The number of benzene rings is 1. The van der Waals surface area contributed by atoms with Gasteiger partial charge < -0.3 is 24.8 Å². The van der Waals surface area contributed by atoms with Crippen LogP contribution in [-0.4, -0.2) is 46.5 Å². The molecule has 0 unspecified atom stereocenters. The summed E-state index contributed by atoms with van der Waals surface area (Å²) in [6.45, 7) is -0.0598. The van der Waals surface area contributed by atoms with Crippen LogP contribution < -0.4 is 4.74 Å². The summed E-state index contributed by atoms with van der Waals surface area (Å²) >= 11 is 0. The summed E-state index contributed by atoms with van der Waals surface area (Å²) in [5.74, 6) is 0.537. The number of aliphatic hydroxyl groups is 3. The summed E-state index contributed by atoms with van der Waals surface area (Å²) in [5, 5.41) is 28.3. The lowest BCUT2D eigenvalue weighted by atomic mass is 10.1. The van der Waals surface area contributed by atoms with Crippen LogP contribution in [0.4, 0.5) is 0 Å². The van der Waals surface area contributed by atoms with E-state index in [1.807, 2.05) is 6.07 Å². The molecule has 2 rings (SSSR count). The lowest BCUT2D eigenvalue weighted by molar-refractivity contribution is -0.242. The first-order valence-corrected chi connectivity index (χ1v) is 5.06. The number of ether oxygens (including phenoxy) is 2. The van der Waals surface area contributed by atoms with Gasteiger partial charge in [-0.2, -0.15) is 0 Å². The van der Waals surface area contributed by atoms with Crippen molar-refractivity contribution < 1.29 is 24.8 Å². The van der Waals surface area contributed by atoms with E-state index in [4.69, 9.17) is 9.47 Å². The highest BCUT2D eigenvalue weighted by molar-refractivity contribution is 5.21. The Hall–Kier alpha value is -1.14. The maximum absolute atomic E-state index is 9.61. The van der Waals surface area contributed by atoms with E-state index in [9.17, 15) is 15.3 Å². The first kappa shape index (κ1) is 11.3. The van der Waals surface area contributed by atoms with Gasteiger partial charge >= 0.3 is 0 Å². The highest BCUT2D eigenvalue weighted by atomic mass is 16.7. The summed E-state index contributed by atoms with van der Waals surface area (Å²) in [6, 6.07) is 8.84. The average molecular weight is 226 g/mol. The molecule has 88 valence electrons. The SMILES string of the molecule is O[C@H]1[C@H](Oc2ccccc2)OC[C@@H](O)[C@H]1O. The molecule has 16 heavy (non-hydrogen) atoms. The van der Waals surface area contributed by atoms with Crippen LogP contribution in [0.1, 0.15) is 0 Å². The molecule has 0 aromatic heterocycles. The summed E-state index contributed by atoms with van der Waals surface area (Å²) < 4.78 is 10.4. The summed E-state index contributed by atoms with van der Waals surface area (Å²) in [7, 11) is 0. The minimum atomic E-state index is -1.26. The van der Waals surface area contributed by atoms with Crippen LogP contribution in [0, 0.1) is 0 Å². The zero-order valence-corrected chi connectivity index (χ0v) is 8.56. The molecule has 1 heterocycles. The lowest BCUT2D eigenvalue weighted by Gasteiger charge is -2.34. The maximum Gasteiger partial charge on any atom is 0.228 e. The summed E-state index contributed by atoms with van der Waals surface area (Å²) in [6.07, 6.45) is -4.54. The third-order valence-corrected chi connectivity index (χ3v) is 2.45. The van der Waals surface area contributed by atoms with Crippen LogP contribution in [0.25, 0.3) is 0 Å². The van der Waals surface area contributed by atoms with E-state index in [0.717, 1.165) is 0 Å². The first-order valence-electron chi connectivity index (χ1n) is 5.06. The molecule has 1 aromatic carbocycles. The van der Waals surface area contributed by atoms with Crippen LogP contribution >= 0.6 is 0 Å². The van der Waals surface area contributed by atoms with Crippen molar-refractivity contribution in [3.8, 4) is 5.75 Å². The number of hydrogen-bond acceptors (Lipinski definition) is 5. The van der Waals surface area contributed by atoms with Gasteiger partial charge in [-0.05, 0) is 12.1 Å². The smallest absolute Gasteiger partial charge is 0.228 e. The molecule has 0 amide bonds. The van der Waals surface area contributed by atoms with Crippen LogP contribution in [0.3, 0.4) is 0 Å². The van der Waals surface area contributed by atoms with E-state index in [0.29, 0.717) is 5.75 Å². The second kappa shape index (κ2) is 4.80. The third-order valence-electron chi connectivity index (χ3n) is 2.45. The van der Waals surface area contributed by atoms with Crippen molar-refractivity contribution >= 4 is 0 Å². The monoisotopic (exact) mass is 226 g/mol. The predicted octanol–water partition coefficient (Wildman–Crippen LogP) is -0.496. The van der Waals surface area contributed by atoms with Gasteiger partial charge in [0.15, 0.2) is 0 Å². The van der Waals surface area contributed by atoms with E-state index in [2.05, 4.69) is 0 Å². The zero-order chi connectivity index (χ0) is 11.5. The Bertz CT molecular complexity index is 328. The van der Waals surface area contributed by atoms with E-state index >= 15 is 0 Å². The molecule has 0 aliphatic carbocycles. The van der Waals surface area contributed by atoms with Gasteiger partial charge in [0.25, 0.3) is 0 Å². The maximum atomic E-state index is 9.61. The van der Waals surface area contributed by atoms with Gasteiger partial charge in [-0.1, -0.05) is 18.2 Å². The van der Waals surface area contributed by atoms with E-state index in [1.165, 1.54) is 0 Å². The quantitative estimate of drug-likeness (QED) is 0.634. The Balaban J connectivity index is 2.00. The van der Waals surface area contributed by atoms with Gasteiger partial charge in [-0.25, -0.2) is 0 Å². The summed E-state index contributed by atoms with van der Waals surface area (Å²) in [4.78, 5) is 0. The number of aliphatic hydroxyl groups excluding tert-OH is 3. The van der Waals surface area contributed by atoms with Gasteiger partial charge in [-0.3, -0.25) is 0 Å². The van der Waals surface area contributed by atoms with E-state index < -0.39 is 24.6 Å². The minimum Gasteiger partial charge on any atom is -0.462 e. The highest BCUT2D eigenvalue weighted by Gasteiger charge is 2.38. The molecule has 0 bridgehead atoms.